The number of hydrogen-bond donors (Lipinski definition) is 3. The molecular formula is C16H34N2O2. The Bertz CT molecular complexity index is 221. The SMILES string of the molecule is NC(N)CCCCCCCCCCCCCCC(=O)O. The minimum atomic E-state index is -0.668. The Morgan fingerprint density at radius 2 is 1.05 bits per heavy atom. The average molecular weight is 286 g/mol. The molecule has 0 aliphatic heterocycles. The minimum absolute atomic E-state index is 0.134. The fraction of sp³-hybridized carbons (Fsp3) is 0.938. The first-order valence-corrected chi connectivity index (χ1v) is 8.36. The fourth-order valence-electron chi connectivity index (χ4n) is 2.42. The van der Waals surface area contributed by atoms with Crippen molar-refractivity contribution in [2.45, 2.75) is 96.1 Å². The van der Waals surface area contributed by atoms with Gasteiger partial charge in [-0.1, -0.05) is 70.6 Å². The molecule has 0 aliphatic carbocycles. The van der Waals surface area contributed by atoms with Gasteiger partial charge < -0.3 is 16.6 Å². The molecule has 0 rings (SSSR count). The third kappa shape index (κ3) is 17.4. The summed E-state index contributed by atoms with van der Waals surface area (Å²) in [5, 5.41) is 8.51. The summed E-state index contributed by atoms with van der Waals surface area (Å²) in [6.45, 7) is 0. The molecule has 5 N–H and O–H groups in total. The van der Waals surface area contributed by atoms with Crippen molar-refractivity contribution in [3.8, 4) is 0 Å². The minimum Gasteiger partial charge on any atom is -0.481 e. The van der Waals surface area contributed by atoms with Gasteiger partial charge in [0.1, 0.15) is 0 Å². The first-order chi connectivity index (χ1) is 9.63. The first-order valence-electron chi connectivity index (χ1n) is 8.36. The van der Waals surface area contributed by atoms with E-state index in [9.17, 15) is 4.79 Å². The zero-order chi connectivity index (χ0) is 15.1. The van der Waals surface area contributed by atoms with Gasteiger partial charge in [0.25, 0.3) is 0 Å². The maximum Gasteiger partial charge on any atom is 0.303 e. The molecule has 4 heteroatoms. The van der Waals surface area contributed by atoms with Crippen molar-refractivity contribution >= 4 is 5.97 Å². The number of unbranched alkanes of at least 4 members (excludes halogenated alkanes) is 11. The molecule has 0 aromatic carbocycles. The van der Waals surface area contributed by atoms with Crippen molar-refractivity contribution in [3.05, 3.63) is 0 Å². The second-order valence-electron chi connectivity index (χ2n) is 5.84. The van der Waals surface area contributed by atoms with Crippen LogP contribution in [-0.4, -0.2) is 17.2 Å². The van der Waals surface area contributed by atoms with E-state index < -0.39 is 5.97 Å². The molecule has 0 radical (unpaired) electrons. The topological polar surface area (TPSA) is 89.3 Å². The molecular weight excluding hydrogens is 252 g/mol. The molecule has 0 fully saturated rings. The van der Waals surface area contributed by atoms with E-state index in [2.05, 4.69) is 0 Å². The normalized spacial score (nSPS) is 11.2. The summed E-state index contributed by atoms with van der Waals surface area (Å²) in [6, 6.07) is 0. The Hall–Kier alpha value is -0.610. The van der Waals surface area contributed by atoms with Gasteiger partial charge in [-0.2, -0.15) is 0 Å². The Labute approximate surface area is 124 Å². The molecule has 0 saturated heterocycles. The highest BCUT2D eigenvalue weighted by atomic mass is 16.4. The Balaban J connectivity index is 2.97. The third-order valence-electron chi connectivity index (χ3n) is 3.68. The summed E-state index contributed by atoms with van der Waals surface area (Å²) in [7, 11) is 0. The number of carboxylic acids is 1. The lowest BCUT2D eigenvalue weighted by Gasteiger charge is -2.05. The second-order valence-corrected chi connectivity index (χ2v) is 5.84. The van der Waals surface area contributed by atoms with Crippen LogP contribution in [0.4, 0.5) is 0 Å². The van der Waals surface area contributed by atoms with Crippen LogP contribution in [0.5, 0.6) is 0 Å². The average Bonchev–Trinajstić information content (AvgIpc) is 2.38. The number of carboxylic acid groups (broad SMARTS) is 1. The smallest absolute Gasteiger partial charge is 0.303 e. The van der Waals surface area contributed by atoms with Gasteiger partial charge in [0.2, 0.25) is 0 Å². The second kappa shape index (κ2) is 14.8. The van der Waals surface area contributed by atoms with Crippen molar-refractivity contribution in [2.24, 2.45) is 11.5 Å². The largest absolute Gasteiger partial charge is 0.481 e. The van der Waals surface area contributed by atoms with Crippen LogP contribution in [0.1, 0.15) is 89.9 Å². The Morgan fingerprint density at radius 3 is 1.40 bits per heavy atom. The predicted octanol–water partition coefficient (Wildman–Crippen LogP) is 3.78. The van der Waals surface area contributed by atoms with Crippen LogP contribution in [0, 0.1) is 0 Å². The lowest BCUT2D eigenvalue weighted by atomic mass is 10.0. The van der Waals surface area contributed by atoms with Crippen LogP contribution in [0.15, 0.2) is 0 Å². The van der Waals surface area contributed by atoms with E-state index in [1.165, 1.54) is 57.8 Å². The summed E-state index contributed by atoms with van der Waals surface area (Å²) >= 11 is 0. The van der Waals surface area contributed by atoms with Gasteiger partial charge >= 0.3 is 5.97 Å². The highest BCUT2D eigenvalue weighted by Crippen LogP contribution is 2.12. The summed E-state index contributed by atoms with van der Waals surface area (Å²) in [5.74, 6) is -0.668. The molecule has 0 unspecified atom stereocenters. The molecule has 0 bridgehead atoms. The number of aliphatic carboxylic acids is 1. The van der Waals surface area contributed by atoms with Gasteiger partial charge in [-0.15, -0.1) is 0 Å². The molecule has 0 aliphatic rings. The highest BCUT2D eigenvalue weighted by Gasteiger charge is 1.97. The van der Waals surface area contributed by atoms with E-state index in [1.807, 2.05) is 0 Å². The molecule has 0 saturated carbocycles. The molecule has 0 heterocycles. The first kappa shape index (κ1) is 19.4. The van der Waals surface area contributed by atoms with Gasteiger partial charge in [-0.05, 0) is 12.8 Å². The predicted molar refractivity (Wildman–Crippen MR) is 84.4 cm³/mol. The van der Waals surface area contributed by atoms with Crippen LogP contribution in [0.25, 0.3) is 0 Å². The summed E-state index contributed by atoms with van der Waals surface area (Å²) in [4.78, 5) is 10.3. The zero-order valence-electron chi connectivity index (χ0n) is 13.0. The van der Waals surface area contributed by atoms with Gasteiger partial charge in [-0.3, -0.25) is 4.79 Å². The van der Waals surface area contributed by atoms with Gasteiger partial charge in [0, 0.05) is 6.42 Å². The quantitative estimate of drug-likeness (QED) is 0.316. The number of carbonyl (C=O) groups is 1. The van der Waals surface area contributed by atoms with E-state index in [0.717, 1.165) is 25.7 Å². The number of nitrogens with two attached hydrogens (primary N) is 2. The standard InChI is InChI=1S/C16H34N2O2/c17-15(18)13-11-9-7-5-3-1-2-4-6-8-10-12-14-16(19)20/h15H,1-14,17-18H2,(H,19,20). The van der Waals surface area contributed by atoms with Crippen molar-refractivity contribution in [2.75, 3.05) is 0 Å². The molecule has 4 nitrogen and oxygen atoms in total. The molecule has 0 aromatic heterocycles. The molecule has 0 aromatic rings. The van der Waals surface area contributed by atoms with Crippen LogP contribution in [0.2, 0.25) is 0 Å². The van der Waals surface area contributed by atoms with Crippen molar-refractivity contribution in [1.82, 2.24) is 0 Å². The lowest BCUT2D eigenvalue weighted by Crippen LogP contribution is -2.29. The maximum absolute atomic E-state index is 10.3. The van der Waals surface area contributed by atoms with Gasteiger partial charge in [0.05, 0.1) is 6.17 Å². The maximum atomic E-state index is 10.3. The Kier molecular flexibility index (Phi) is 14.3. The van der Waals surface area contributed by atoms with E-state index in [1.54, 1.807) is 0 Å². The highest BCUT2D eigenvalue weighted by molar-refractivity contribution is 5.66. The lowest BCUT2D eigenvalue weighted by molar-refractivity contribution is -0.137. The van der Waals surface area contributed by atoms with E-state index >= 15 is 0 Å². The number of hydrogen-bond acceptors (Lipinski definition) is 3. The fourth-order valence-corrected chi connectivity index (χ4v) is 2.42. The van der Waals surface area contributed by atoms with E-state index in [4.69, 9.17) is 16.6 Å². The monoisotopic (exact) mass is 286 g/mol. The molecule has 20 heavy (non-hydrogen) atoms. The zero-order valence-corrected chi connectivity index (χ0v) is 13.0. The molecule has 0 atom stereocenters. The van der Waals surface area contributed by atoms with Crippen LogP contribution < -0.4 is 11.5 Å². The molecule has 120 valence electrons. The van der Waals surface area contributed by atoms with Crippen molar-refractivity contribution < 1.29 is 9.90 Å². The van der Waals surface area contributed by atoms with E-state index in [-0.39, 0.29) is 6.17 Å². The number of rotatable bonds is 15. The molecule has 0 spiro atoms. The Morgan fingerprint density at radius 1 is 0.700 bits per heavy atom. The van der Waals surface area contributed by atoms with Crippen LogP contribution in [0.3, 0.4) is 0 Å². The van der Waals surface area contributed by atoms with Crippen molar-refractivity contribution in [3.63, 3.8) is 0 Å². The van der Waals surface area contributed by atoms with Crippen molar-refractivity contribution in [1.29, 1.82) is 0 Å². The van der Waals surface area contributed by atoms with E-state index in [0.29, 0.717) is 6.42 Å². The van der Waals surface area contributed by atoms with Crippen LogP contribution >= 0.6 is 0 Å². The molecule has 0 amide bonds. The summed E-state index contributed by atoms with van der Waals surface area (Å²) in [6.07, 6.45) is 15.9. The summed E-state index contributed by atoms with van der Waals surface area (Å²) < 4.78 is 0. The third-order valence-corrected chi connectivity index (χ3v) is 3.68. The van der Waals surface area contributed by atoms with Gasteiger partial charge in [-0.25, -0.2) is 0 Å². The summed E-state index contributed by atoms with van der Waals surface area (Å²) in [5.41, 5.74) is 11.0. The van der Waals surface area contributed by atoms with Crippen LogP contribution in [-0.2, 0) is 4.79 Å². The van der Waals surface area contributed by atoms with Gasteiger partial charge in [0.15, 0.2) is 0 Å².